The number of benzene rings is 1. The molecule has 1 heterocycles. The van der Waals surface area contributed by atoms with Gasteiger partial charge >= 0.3 is 0 Å². The molecule has 0 bridgehead atoms. The molecule has 1 aromatic heterocycles. The zero-order chi connectivity index (χ0) is 16.8. The third kappa shape index (κ3) is 4.08. The van der Waals surface area contributed by atoms with Gasteiger partial charge in [0.25, 0.3) is 0 Å². The number of anilines is 1. The highest BCUT2D eigenvalue weighted by Gasteiger charge is 2.06. The largest absolute Gasteiger partial charge is 0.497 e. The molecule has 1 aromatic carbocycles. The maximum absolute atomic E-state index is 9.00. The lowest BCUT2D eigenvalue weighted by molar-refractivity contribution is 0.415. The van der Waals surface area contributed by atoms with E-state index in [9.17, 15) is 0 Å². The molecule has 0 aliphatic rings. The molecule has 118 valence electrons. The van der Waals surface area contributed by atoms with Crippen molar-refractivity contribution in [1.29, 1.82) is 5.26 Å². The molecular formula is C16H17N5OS. The Hall–Kier alpha value is -2.85. The first-order chi connectivity index (χ1) is 11.0. The molecule has 0 unspecified atom stereocenters. The van der Waals surface area contributed by atoms with Crippen LogP contribution in [0.15, 0.2) is 35.4 Å². The Balaban J connectivity index is 1.97. The second-order valence-electron chi connectivity index (χ2n) is 4.80. The number of hydrogen-bond donors (Lipinski definition) is 2. The summed E-state index contributed by atoms with van der Waals surface area (Å²) >= 11 is 5.18. The van der Waals surface area contributed by atoms with Crippen molar-refractivity contribution in [1.82, 2.24) is 9.99 Å². The van der Waals surface area contributed by atoms with Gasteiger partial charge in [0.15, 0.2) is 5.11 Å². The van der Waals surface area contributed by atoms with E-state index in [1.54, 1.807) is 19.4 Å². The highest BCUT2D eigenvalue weighted by atomic mass is 32.1. The van der Waals surface area contributed by atoms with E-state index >= 15 is 0 Å². The van der Waals surface area contributed by atoms with E-state index in [1.807, 2.05) is 42.8 Å². The molecule has 7 heteroatoms. The molecule has 0 amide bonds. The fourth-order valence-electron chi connectivity index (χ4n) is 1.98. The molecule has 6 nitrogen and oxygen atoms in total. The molecular weight excluding hydrogens is 310 g/mol. The summed E-state index contributed by atoms with van der Waals surface area (Å²) in [5.41, 5.74) is 5.96. The van der Waals surface area contributed by atoms with Crippen molar-refractivity contribution in [3.63, 3.8) is 0 Å². The van der Waals surface area contributed by atoms with Gasteiger partial charge in [-0.25, -0.2) is 0 Å². The zero-order valence-electron chi connectivity index (χ0n) is 13.1. The average Bonchev–Trinajstić information content (AvgIpc) is 2.83. The molecule has 0 saturated carbocycles. The highest BCUT2D eigenvalue weighted by Crippen LogP contribution is 2.16. The molecule has 2 rings (SSSR count). The van der Waals surface area contributed by atoms with Gasteiger partial charge in [0, 0.05) is 30.1 Å². The molecule has 2 aromatic rings. The topological polar surface area (TPSA) is 74.4 Å². The van der Waals surface area contributed by atoms with E-state index in [0.717, 1.165) is 22.7 Å². The second kappa shape index (κ2) is 7.42. The van der Waals surface area contributed by atoms with E-state index in [2.05, 4.69) is 21.9 Å². The average molecular weight is 327 g/mol. The molecule has 0 aliphatic carbocycles. The Labute approximate surface area is 140 Å². The summed E-state index contributed by atoms with van der Waals surface area (Å²) in [7, 11) is 3.45. The number of ether oxygens (including phenoxy) is 1. The summed E-state index contributed by atoms with van der Waals surface area (Å²) in [6.45, 7) is 1.93. The van der Waals surface area contributed by atoms with E-state index in [1.165, 1.54) is 0 Å². The van der Waals surface area contributed by atoms with E-state index < -0.39 is 0 Å². The van der Waals surface area contributed by atoms with Crippen LogP contribution >= 0.6 is 12.2 Å². The van der Waals surface area contributed by atoms with Crippen molar-refractivity contribution in [2.45, 2.75) is 6.92 Å². The fraction of sp³-hybridized carbons (Fsp3) is 0.188. The Kier molecular flexibility index (Phi) is 5.33. The number of aromatic nitrogens is 1. The van der Waals surface area contributed by atoms with Gasteiger partial charge in [-0.05, 0) is 37.3 Å². The van der Waals surface area contributed by atoms with Crippen molar-refractivity contribution in [3.05, 3.63) is 47.3 Å². The van der Waals surface area contributed by atoms with Crippen molar-refractivity contribution >= 4 is 29.2 Å². The van der Waals surface area contributed by atoms with Crippen LogP contribution in [0.5, 0.6) is 5.75 Å². The first-order valence-corrected chi connectivity index (χ1v) is 7.26. The number of rotatable bonds is 4. The van der Waals surface area contributed by atoms with Gasteiger partial charge in [-0.2, -0.15) is 10.4 Å². The van der Waals surface area contributed by atoms with E-state index in [-0.39, 0.29) is 0 Å². The van der Waals surface area contributed by atoms with Crippen molar-refractivity contribution in [2.75, 3.05) is 12.4 Å². The molecule has 0 radical (unpaired) electrons. The number of methoxy groups -OCH3 is 1. The number of nitrogens with zero attached hydrogens (tertiary/aromatic N) is 3. The molecule has 0 spiro atoms. The summed E-state index contributed by atoms with van der Waals surface area (Å²) < 4.78 is 6.96. The summed E-state index contributed by atoms with van der Waals surface area (Å²) in [5, 5.41) is 16.5. The van der Waals surface area contributed by atoms with Crippen LogP contribution in [0.1, 0.15) is 17.0 Å². The van der Waals surface area contributed by atoms with Crippen molar-refractivity contribution < 1.29 is 4.74 Å². The lowest BCUT2D eigenvalue weighted by atomic mass is 10.3. The summed E-state index contributed by atoms with van der Waals surface area (Å²) in [6.07, 6.45) is 1.63. The summed E-state index contributed by atoms with van der Waals surface area (Å²) in [6, 6.07) is 11.3. The third-order valence-electron chi connectivity index (χ3n) is 3.39. The number of nitrogens with one attached hydrogen (secondary N) is 2. The second-order valence-corrected chi connectivity index (χ2v) is 5.21. The van der Waals surface area contributed by atoms with Crippen LogP contribution in [0, 0.1) is 18.3 Å². The van der Waals surface area contributed by atoms with Crippen LogP contribution in [-0.2, 0) is 7.05 Å². The minimum Gasteiger partial charge on any atom is -0.497 e. The van der Waals surface area contributed by atoms with Gasteiger partial charge in [0.05, 0.1) is 13.3 Å². The molecule has 0 fully saturated rings. The molecule has 0 atom stereocenters. The zero-order valence-corrected chi connectivity index (χ0v) is 13.9. The Morgan fingerprint density at radius 3 is 2.87 bits per heavy atom. The fourth-order valence-corrected chi connectivity index (χ4v) is 2.15. The van der Waals surface area contributed by atoms with Crippen LogP contribution in [0.2, 0.25) is 0 Å². The van der Waals surface area contributed by atoms with Crippen LogP contribution in [0.4, 0.5) is 5.69 Å². The number of thiocarbonyl (C=S) groups is 1. The molecule has 0 saturated heterocycles. The first kappa shape index (κ1) is 16.5. The van der Waals surface area contributed by atoms with Crippen LogP contribution < -0.4 is 15.5 Å². The van der Waals surface area contributed by atoms with Gasteiger partial charge in [-0.3, -0.25) is 5.43 Å². The number of hydrazone groups is 1. The SMILES string of the molecule is COc1cccc(NC(=S)N/N=C\c2cc(C#N)n(C)c2C)c1. The van der Waals surface area contributed by atoms with Gasteiger partial charge in [-0.15, -0.1) is 0 Å². The number of hydrogen-bond acceptors (Lipinski definition) is 4. The normalized spacial score (nSPS) is 10.3. The first-order valence-electron chi connectivity index (χ1n) is 6.85. The van der Waals surface area contributed by atoms with Crippen molar-refractivity contribution in [3.8, 4) is 11.8 Å². The standard InChI is InChI=1S/C16H17N5OS/c1-11-12(7-14(9-17)21(11)2)10-18-20-16(23)19-13-5-4-6-15(8-13)22-3/h4-8,10H,1-3H3,(H2,19,20,23)/b18-10-. The highest BCUT2D eigenvalue weighted by molar-refractivity contribution is 7.80. The third-order valence-corrected chi connectivity index (χ3v) is 3.58. The lowest BCUT2D eigenvalue weighted by Crippen LogP contribution is -2.23. The Morgan fingerprint density at radius 1 is 1.43 bits per heavy atom. The van der Waals surface area contributed by atoms with Gasteiger partial charge < -0.3 is 14.6 Å². The van der Waals surface area contributed by atoms with Crippen molar-refractivity contribution in [2.24, 2.45) is 12.1 Å². The maximum Gasteiger partial charge on any atom is 0.191 e. The van der Waals surface area contributed by atoms with Crippen LogP contribution in [-0.4, -0.2) is 23.0 Å². The van der Waals surface area contributed by atoms with Crippen LogP contribution in [0.25, 0.3) is 0 Å². The van der Waals surface area contributed by atoms with E-state index in [0.29, 0.717) is 10.8 Å². The Bertz CT molecular complexity index is 788. The smallest absolute Gasteiger partial charge is 0.191 e. The number of nitriles is 1. The van der Waals surface area contributed by atoms with Crippen LogP contribution in [0.3, 0.4) is 0 Å². The predicted octanol–water partition coefficient (Wildman–Crippen LogP) is 2.53. The molecule has 0 aliphatic heterocycles. The predicted molar refractivity (Wildman–Crippen MR) is 94.8 cm³/mol. The molecule has 23 heavy (non-hydrogen) atoms. The minimum absolute atomic E-state index is 0.364. The lowest BCUT2D eigenvalue weighted by Gasteiger charge is -2.08. The van der Waals surface area contributed by atoms with Gasteiger partial charge in [-0.1, -0.05) is 6.07 Å². The Morgan fingerprint density at radius 2 is 2.22 bits per heavy atom. The van der Waals surface area contributed by atoms with Gasteiger partial charge in [0.2, 0.25) is 0 Å². The summed E-state index contributed by atoms with van der Waals surface area (Å²) in [5.74, 6) is 0.741. The van der Waals surface area contributed by atoms with Gasteiger partial charge in [0.1, 0.15) is 17.5 Å². The monoisotopic (exact) mass is 327 g/mol. The van der Waals surface area contributed by atoms with E-state index in [4.69, 9.17) is 22.2 Å². The molecule has 2 N–H and O–H groups in total. The quantitative estimate of drug-likeness (QED) is 0.513. The minimum atomic E-state index is 0.364. The maximum atomic E-state index is 9.00. The summed E-state index contributed by atoms with van der Waals surface area (Å²) in [4.78, 5) is 0.